The van der Waals surface area contributed by atoms with Crippen molar-refractivity contribution in [3.05, 3.63) is 29.8 Å². The topological polar surface area (TPSA) is 38.3 Å². The van der Waals surface area contributed by atoms with E-state index in [9.17, 15) is 13.6 Å². The summed E-state index contributed by atoms with van der Waals surface area (Å²) in [5.41, 5.74) is 0. The molecule has 0 aliphatic carbocycles. The summed E-state index contributed by atoms with van der Waals surface area (Å²) in [4.78, 5) is 11.8. The first kappa shape index (κ1) is 14.3. The highest BCUT2D eigenvalue weighted by atomic mass is 32.2. The first-order valence-electron chi connectivity index (χ1n) is 6.11. The van der Waals surface area contributed by atoms with Crippen LogP contribution >= 0.6 is 11.8 Å². The van der Waals surface area contributed by atoms with E-state index in [1.807, 2.05) is 0 Å². The fourth-order valence-electron chi connectivity index (χ4n) is 1.82. The molecule has 1 fully saturated rings. The number of halogens is 2. The van der Waals surface area contributed by atoms with E-state index in [0.29, 0.717) is 6.54 Å². The third-order valence-electron chi connectivity index (χ3n) is 2.80. The quantitative estimate of drug-likeness (QED) is 0.845. The molecular weight excluding hydrogens is 272 g/mol. The Balaban J connectivity index is 1.73. The Hall–Kier alpha value is -1.14. The van der Waals surface area contributed by atoms with Gasteiger partial charge in [-0.3, -0.25) is 4.79 Å². The lowest BCUT2D eigenvalue weighted by Gasteiger charge is -2.10. The van der Waals surface area contributed by atoms with E-state index in [2.05, 4.69) is 5.32 Å². The summed E-state index contributed by atoms with van der Waals surface area (Å²) in [6.45, 7) is 1.24. The van der Waals surface area contributed by atoms with Gasteiger partial charge in [-0.1, -0.05) is 0 Å². The normalized spacial score (nSPS) is 18.5. The lowest BCUT2D eigenvalue weighted by molar-refractivity contribution is -0.119. The monoisotopic (exact) mass is 287 g/mol. The second kappa shape index (κ2) is 6.86. The molecular formula is C13H15F2NO2S. The Bertz CT molecular complexity index is 450. The second-order valence-corrected chi connectivity index (χ2v) is 5.32. The smallest absolute Gasteiger partial charge is 0.230 e. The van der Waals surface area contributed by atoms with Crippen LogP contribution in [0.2, 0.25) is 0 Å². The van der Waals surface area contributed by atoms with Crippen molar-refractivity contribution < 1.29 is 18.3 Å². The third kappa shape index (κ3) is 4.47. The fraction of sp³-hybridized carbons (Fsp3) is 0.462. The van der Waals surface area contributed by atoms with Gasteiger partial charge in [-0.15, -0.1) is 11.8 Å². The Morgan fingerprint density at radius 1 is 1.47 bits per heavy atom. The van der Waals surface area contributed by atoms with Crippen molar-refractivity contribution in [2.24, 2.45) is 0 Å². The van der Waals surface area contributed by atoms with Crippen molar-refractivity contribution in [3.8, 4) is 0 Å². The van der Waals surface area contributed by atoms with Gasteiger partial charge in [0.25, 0.3) is 0 Å². The van der Waals surface area contributed by atoms with E-state index in [-0.39, 0.29) is 22.7 Å². The van der Waals surface area contributed by atoms with Crippen molar-refractivity contribution in [1.82, 2.24) is 5.32 Å². The highest BCUT2D eigenvalue weighted by Crippen LogP contribution is 2.22. The Morgan fingerprint density at radius 3 is 3.00 bits per heavy atom. The number of ether oxygens (including phenoxy) is 1. The molecule has 0 unspecified atom stereocenters. The van der Waals surface area contributed by atoms with Crippen molar-refractivity contribution in [2.75, 3.05) is 18.9 Å². The molecule has 1 N–H and O–H groups in total. The molecule has 2 rings (SSSR count). The minimum absolute atomic E-state index is 0.0940. The van der Waals surface area contributed by atoms with E-state index in [0.717, 1.165) is 37.3 Å². The predicted octanol–water partition coefficient (Wildman–Crippen LogP) is 2.35. The Labute approximate surface area is 114 Å². The molecule has 1 atom stereocenters. The van der Waals surface area contributed by atoms with Crippen LogP contribution in [-0.4, -0.2) is 30.9 Å². The summed E-state index contributed by atoms with van der Waals surface area (Å²) < 4.78 is 31.4. The van der Waals surface area contributed by atoms with Gasteiger partial charge in [0.2, 0.25) is 5.91 Å². The van der Waals surface area contributed by atoms with Crippen LogP contribution in [0, 0.1) is 11.6 Å². The molecule has 19 heavy (non-hydrogen) atoms. The second-order valence-electron chi connectivity index (χ2n) is 4.30. The first-order valence-corrected chi connectivity index (χ1v) is 7.10. The fourth-order valence-corrected chi connectivity index (χ4v) is 2.57. The highest BCUT2D eigenvalue weighted by Gasteiger charge is 2.16. The standard InChI is InChI=1S/C13H15F2NO2S/c14-9-3-4-12(11(15)6-9)19-8-13(17)16-7-10-2-1-5-18-10/h3-4,6,10H,1-2,5,7-8H2,(H,16,17)/t10-/m0/s1. The molecule has 0 saturated carbocycles. The number of benzene rings is 1. The van der Waals surface area contributed by atoms with Gasteiger partial charge in [0.15, 0.2) is 0 Å². The van der Waals surface area contributed by atoms with E-state index >= 15 is 0 Å². The molecule has 1 aliphatic heterocycles. The maximum atomic E-state index is 13.3. The molecule has 0 spiro atoms. The molecule has 1 aromatic carbocycles. The van der Waals surface area contributed by atoms with Crippen LogP contribution in [-0.2, 0) is 9.53 Å². The molecule has 0 bridgehead atoms. The van der Waals surface area contributed by atoms with Crippen molar-refractivity contribution >= 4 is 17.7 Å². The third-order valence-corrected chi connectivity index (χ3v) is 3.85. The molecule has 6 heteroatoms. The number of rotatable bonds is 5. The predicted molar refractivity (Wildman–Crippen MR) is 69.1 cm³/mol. The van der Waals surface area contributed by atoms with Crippen LogP contribution in [0.1, 0.15) is 12.8 Å². The highest BCUT2D eigenvalue weighted by molar-refractivity contribution is 8.00. The van der Waals surface area contributed by atoms with Gasteiger partial charge in [-0.2, -0.15) is 0 Å². The minimum atomic E-state index is -0.642. The summed E-state index contributed by atoms with van der Waals surface area (Å²) in [5, 5.41) is 2.74. The number of hydrogen-bond donors (Lipinski definition) is 1. The lowest BCUT2D eigenvalue weighted by Crippen LogP contribution is -2.32. The summed E-state index contributed by atoms with van der Waals surface area (Å²) in [5.74, 6) is -1.33. The molecule has 104 valence electrons. The number of amides is 1. The molecule has 0 aromatic heterocycles. The first-order chi connectivity index (χ1) is 9.15. The van der Waals surface area contributed by atoms with Crippen molar-refractivity contribution in [1.29, 1.82) is 0 Å². The van der Waals surface area contributed by atoms with E-state index in [4.69, 9.17) is 4.74 Å². The average Bonchev–Trinajstić information content (AvgIpc) is 2.88. The SMILES string of the molecule is O=C(CSc1ccc(F)cc1F)NC[C@@H]1CCCO1. The van der Waals surface area contributed by atoms with Gasteiger partial charge in [-0.05, 0) is 25.0 Å². The van der Waals surface area contributed by atoms with Gasteiger partial charge in [0.1, 0.15) is 11.6 Å². The van der Waals surface area contributed by atoms with Crippen LogP contribution in [0.5, 0.6) is 0 Å². The maximum absolute atomic E-state index is 13.3. The zero-order valence-electron chi connectivity index (χ0n) is 10.3. The molecule has 1 heterocycles. The van der Waals surface area contributed by atoms with Crippen LogP contribution in [0.25, 0.3) is 0 Å². The molecule has 0 radical (unpaired) electrons. The maximum Gasteiger partial charge on any atom is 0.230 e. The van der Waals surface area contributed by atoms with Crippen molar-refractivity contribution in [3.63, 3.8) is 0 Å². The van der Waals surface area contributed by atoms with Gasteiger partial charge in [-0.25, -0.2) is 8.78 Å². The largest absolute Gasteiger partial charge is 0.376 e. The summed E-state index contributed by atoms with van der Waals surface area (Å²) in [6.07, 6.45) is 2.08. The zero-order chi connectivity index (χ0) is 13.7. The minimum Gasteiger partial charge on any atom is -0.376 e. The number of carbonyl (C=O) groups is 1. The summed E-state index contributed by atoms with van der Waals surface area (Å²) >= 11 is 1.05. The van der Waals surface area contributed by atoms with E-state index in [1.54, 1.807) is 0 Å². The lowest BCUT2D eigenvalue weighted by atomic mass is 10.2. The van der Waals surface area contributed by atoms with Crippen LogP contribution < -0.4 is 5.32 Å². The number of carbonyl (C=O) groups excluding carboxylic acids is 1. The Morgan fingerprint density at radius 2 is 2.32 bits per heavy atom. The van der Waals surface area contributed by atoms with Gasteiger partial charge in [0, 0.05) is 24.1 Å². The van der Waals surface area contributed by atoms with Crippen LogP contribution in [0.4, 0.5) is 8.78 Å². The molecule has 1 aromatic rings. The van der Waals surface area contributed by atoms with Gasteiger partial charge >= 0.3 is 0 Å². The van der Waals surface area contributed by atoms with E-state index < -0.39 is 11.6 Å². The molecule has 1 amide bonds. The van der Waals surface area contributed by atoms with Crippen LogP contribution in [0.3, 0.4) is 0 Å². The summed E-state index contributed by atoms with van der Waals surface area (Å²) in [7, 11) is 0. The molecule has 3 nitrogen and oxygen atoms in total. The van der Waals surface area contributed by atoms with Crippen molar-refractivity contribution in [2.45, 2.75) is 23.8 Å². The number of thioether (sulfide) groups is 1. The van der Waals surface area contributed by atoms with Gasteiger partial charge < -0.3 is 10.1 Å². The average molecular weight is 287 g/mol. The Kier molecular flexibility index (Phi) is 5.15. The summed E-state index contributed by atoms with van der Waals surface area (Å²) in [6, 6.07) is 3.32. The molecule has 1 aliphatic rings. The van der Waals surface area contributed by atoms with Gasteiger partial charge in [0.05, 0.1) is 11.9 Å². The zero-order valence-corrected chi connectivity index (χ0v) is 11.1. The number of hydrogen-bond acceptors (Lipinski definition) is 3. The van der Waals surface area contributed by atoms with Crippen LogP contribution in [0.15, 0.2) is 23.1 Å². The number of nitrogens with one attached hydrogen (secondary N) is 1. The van der Waals surface area contributed by atoms with E-state index in [1.165, 1.54) is 12.1 Å². The molecule has 1 saturated heterocycles.